The van der Waals surface area contributed by atoms with Gasteiger partial charge in [-0.05, 0) is 48.4 Å². The van der Waals surface area contributed by atoms with Gasteiger partial charge in [0.2, 0.25) is 0 Å². The monoisotopic (exact) mass is 481 g/mol. The highest BCUT2D eigenvalue weighted by atomic mass is 32.2. The van der Waals surface area contributed by atoms with E-state index in [1.807, 2.05) is 31.2 Å². The highest BCUT2D eigenvalue weighted by molar-refractivity contribution is 7.93. The van der Waals surface area contributed by atoms with Crippen LogP contribution in [0.4, 0.5) is 19.0 Å². The molecule has 178 valence electrons. The molecule has 33 heavy (non-hydrogen) atoms. The summed E-state index contributed by atoms with van der Waals surface area (Å²) in [7, 11) is -3.38. The number of hydrogen-bond donors (Lipinski definition) is 2. The molecule has 0 bridgehead atoms. The molecule has 1 amide bonds. The summed E-state index contributed by atoms with van der Waals surface area (Å²) in [5, 5.41) is 6.65. The lowest BCUT2D eigenvalue weighted by Crippen LogP contribution is -2.35. The van der Waals surface area contributed by atoms with Crippen LogP contribution in [0.1, 0.15) is 46.9 Å². The zero-order chi connectivity index (χ0) is 24.2. The SMILES string of the molecule is CCc1ccccc1CNc1nc(C(F)(F)F)ccc1C(=O)N[C@H](/C=C/S(C)(=O)=O)C1CC1. The molecule has 1 atom stereocenters. The van der Waals surface area contributed by atoms with Gasteiger partial charge in [0.1, 0.15) is 11.5 Å². The molecule has 0 radical (unpaired) electrons. The van der Waals surface area contributed by atoms with Crippen molar-refractivity contribution in [2.75, 3.05) is 11.6 Å². The van der Waals surface area contributed by atoms with Crippen molar-refractivity contribution >= 4 is 21.6 Å². The number of hydrogen-bond acceptors (Lipinski definition) is 5. The number of alkyl halides is 3. The van der Waals surface area contributed by atoms with Gasteiger partial charge in [-0.3, -0.25) is 4.79 Å². The molecule has 0 saturated heterocycles. The molecule has 1 aromatic carbocycles. The Bertz CT molecular complexity index is 1140. The first kappa shape index (κ1) is 24.8. The summed E-state index contributed by atoms with van der Waals surface area (Å²) in [4.78, 5) is 16.7. The molecule has 1 aliphatic carbocycles. The second kappa shape index (κ2) is 9.94. The van der Waals surface area contributed by atoms with Crippen molar-refractivity contribution in [1.29, 1.82) is 0 Å². The molecule has 1 saturated carbocycles. The third kappa shape index (κ3) is 7.05. The van der Waals surface area contributed by atoms with Crippen LogP contribution in [0, 0.1) is 5.92 Å². The molecule has 1 fully saturated rings. The van der Waals surface area contributed by atoms with Crippen LogP contribution < -0.4 is 10.6 Å². The number of pyridine rings is 1. The van der Waals surface area contributed by atoms with Gasteiger partial charge in [0.25, 0.3) is 5.91 Å². The fraction of sp³-hybridized carbons (Fsp3) is 0.391. The van der Waals surface area contributed by atoms with Gasteiger partial charge >= 0.3 is 6.18 Å². The third-order valence-corrected chi connectivity index (χ3v) is 5.99. The standard InChI is InChI=1S/C23H26F3N3O3S/c1-3-15-6-4-5-7-17(15)14-27-21-18(10-11-20(29-21)23(24,25)26)22(30)28-19(16-8-9-16)12-13-33(2,31)32/h4-7,10-13,16,19H,3,8-9,14H2,1-2H3,(H,27,29)(H,28,30)/b13-12+/t19-/m1/s1. The highest BCUT2D eigenvalue weighted by Crippen LogP contribution is 2.34. The minimum atomic E-state index is -4.67. The number of rotatable bonds is 9. The van der Waals surface area contributed by atoms with Crippen LogP contribution in [0.3, 0.4) is 0 Å². The van der Waals surface area contributed by atoms with Crippen LogP contribution in [0.15, 0.2) is 47.9 Å². The normalized spacial score (nSPS) is 15.4. The van der Waals surface area contributed by atoms with Crippen molar-refractivity contribution in [3.8, 4) is 0 Å². The molecular formula is C23H26F3N3O3S. The molecule has 2 N–H and O–H groups in total. The summed E-state index contributed by atoms with van der Waals surface area (Å²) in [6.07, 6.45) is 0.184. The maximum absolute atomic E-state index is 13.3. The van der Waals surface area contributed by atoms with E-state index in [0.29, 0.717) is 0 Å². The minimum absolute atomic E-state index is 0.0459. The average molecular weight is 482 g/mol. The summed E-state index contributed by atoms with van der Waals surface area (Å²) in [5.41, 5.74) is 0.761. The van der Waals surface area contributed by atoms with E-state index in [9.17, 15) is 26.4 Å². The van der Waals surface area contributed by atoms with E-state index >= 15 is 0 Å². The maximum Gasteiger partial charge on any atom is 0.433 e. The lowest BCUT2D eigenvalue weighted by molar-refractivity contribution is -0.141. The number of carbonyl (C=O) groups is 1. The van der Waals surface area contributed by atoms with Gasteiger partial charge in [0.15, 0.2) is 9.84 Å². The van der Waals surface area contributed by atoms with Gasteiger partial charge in [-0.25, -0.2) is 13.4 Å². The largest absolute Gasteiger partial charge is 0.433 e. The maximum atomic E-state index is 13.3. The first-order chi connectivity index (χ1) is 15.5. The Hall–Kier alpha value is -2.88. The Morgan fingerprint density at radius 3 is 2.42 bits per heavy atom. The van der Waals surface area contributed by atoms with Crippen LogP contribution in [-0.4, -0.2) is 31.6 Å². The molecule has 1 aromatic heterocycles. The van der Waals surface area contributed by atoms with E-state index in [1.165, 1.54) is 6.08 Å². The molecule has 0 unspecified atom stereocenters. The van der Waals surface area contributed by atoms with Gasteiger partial charge in [0, 0.05) is 18.2 Å². The van der Waals surface area contributed by atoms with Crippen LogP contribution >= 0.6 is 0 Å². The first-order valence-electron chi connectivity index (χ1n) is 10.6. The number of carbonyl (C=O) groups excluding carboxylic acids is 1. The minimum Gasteiger partial charge on any atom is -0.365 e. The zero-order valence-electron chi connectivity index (χ0n) is 18.3. The first-order valence-corrected chi connectivity index (χ1v) is 12.5. The quantitative estimate of drug-likeness (QED) is 0.556. The number of nitrogens with zero attached hydrogens (tertiary/aromatic N) is 1. The Morgan fingerprint density at radius 2 is 1.85 bits per heavy atom. The number of halogens is 3. The second-order valence-electron chi connectivity index (χ2n) is 8.06. The van der Waals surface area contributed by atoms with Gasteiger partial charge < -0.3 is 10.6 Å². The Balaban J connectivity index is 1.88. The fourth-order valence-electron chi connectivity index (χ4n) is 3.42. The Kier molecular flexibility index (Phi) is 7.46. The molecule has 0 aliphatic heterocycles. The second-order valence-corrected chi connectivity index (χ2v) is 9.99. The predicted octanol–water partition coefficient (Wildman–Crippen LogP) is 4.34. The fourth-order valence-corrected chi connectivity index (χ4v) is 3.88. The molecular weight excluding hydrogens is 455 g/mol. The van der Waals surface area contributed by atoms with Crippen LogP contribution in [0.2, 0.25) is 0 Å². The molecule has 3 rings (SSSR count). The summed E-state index contributed by atoms with van der Waals surface area (Å²) < 4.78 is 62.7. The van der Waals surface area contributed by atoms with Gasteiger partial charge in [-0.1, -0.05) is 37.3 Å². The number of aromatic nitrogens is 1. The third-order valence-electron chi connectivity index (χ3n) is 5.34. The number of anilines is 1. The van der Waals surface area contributed by atoms with E-state index < -0.39 is 33.7 Å². The summed E-state index contributed by atoms with van der Waals surface area (Å²) in [6, 6.07) is 8.81. The molecule has 0 spiro atoms. The predicted molar refractivity (Wildman–Crippen MR) is 120 cm³/mol. The molecule has 1 aliphatic rings. The van der Waals surface area contributed by atoms with Crippen LogP contribution in [0.5, 0.6) is 0 Å². The Labute approximate surface area is 191 Å². The zero-order valence-corrected chi connectivity index (χ0v) is 19.1. The van der Waals surface area contributed by atoms with E-state index in [2.05, 4.69) is 15.6 Å². The lowest BCUT2D eigenvalue weighted by atomic mass is 10.1. The number of aryl methyl sites for hydroxylation is 1. The Morgan fingerprint density at radius 1 is 1.18 bits per heavy atom. The topological polar surface area (TPSA) is 88.2 Å². The highest BCUT2D eigenvalue weighted by Gasteiger charge is 2.35. The smallest absolute Gasteiger partial charge is 0.365 e. The molecule has 2 aromatic rings. The summed E-state index contributed by atoms with van der Waals surface area (Å²) >= 11 is 0. The van der Waals surface area contributed by atoms with E-state index in [-0.39, 0.29) is 23.8 Å². The van der Waals surface area contributed by atoms with Gasteiger partial charge in [0.05, 0.1) is 11.6 Å². The van der Waals surface area contributed by atoms with Crippen LogP contribution in [0.25, 0.3) is 0 Å². The van der Waals surface area contributed by atoms with E-state index in [1.54, 1.807) is 0 Å². The summed E-state index contributed by atoms with van der Waals surface area (Å²) in [5.74, 6) is -0.727. The summed E-state index contributed by atoms with van der Waals surface area (Å²) in [6.45, 7) is 2.17. The number of benzene rings is 1. The van der Waals surface area contributed by atoms with Crippen molar-refractivity contribution in [2.24, 2.45) is 5.92 Å². The number of nitrogens with one attached hydrogen (secondary N) is 2. The van der Waals surface area contributed by atoms with Crippen molar-refractivity contribution < 1.29 is 26.4 Å². The van der Waals surface area contributed by atoms with Crippen molar-refractivity contribution in [2.45, 2.75) is 44.9 Å². The molecule has 6 nitrogen and oxygen atoms in total. The van der Waals surface area contributed by atoms with Crippen molar-refractivity contribution in [1.82, 2.24) is 10.3 Å². The number of amides is 1. The number of sulfone groups is 1. The van der Waals surface area contributed by atoms with E-state index in [0.717, 1.165) is 54.2 Å². The van der Waals surface area contributed by atoms with Crippen LogP contribution in [-0.2, 0) is 29.0 Å². The molecule has 1 heterocycles. The average Bonchev–Trinajstić information content (AvgIpc) is 3.59. The molecule has 10 heteroatoms. The van der Waals surface area contributed by atoms with Gasteiger partial charge in [-0.15, -0.1) is 0 Å². The van der Waals surface area contributed by atoms with Gasteiger partial charge in [-0.2, -0.15) is 13.2 Å². The van der Waals surface area contributed by atoms with E-state index in [4.69, 9.17) is 0 Å². The van der Waals surface area contributed by atoms with Crippen molar-refractivity contribution in [3.05, 3.63) is 70.3 Å². The van der Waals surface area contributed by atoms with Crippen molar-refractivity contribution in [3.63, 3.8) is 0 Å². The lowest BCUT2D eigenvalue weighted by Gasteiger charge is -2.18.